The topological polar surface area (TPSA) is 78.9 Å². The molecule has 0 aliphatic carbocycles. The molecule has 0 aromatic carbocycles. The Morgan fingerprint density at radius 3 is 0.753 bits per heavy atom. The van der Waals surface area contributed by atoms with Crippen LogP contribution in [0.1, 0.15) is 355 Å². The summed E-state index contributed by atoms with van der Waals surface area (Å²) in [6.07, 6.45) is 91.9. The standard InChI is InChI=1S/C75H132O6/c1-4-7-10-13-16-19-21-23-25-27-29-31-32-33-34-35-36-37-38-39-40-41-42-44-45-47-49-51-53-56-59-62-65-68-74(77)80-71-72(70-79-73(76)67-64-61-58-55-18-15-12-9-6-3)81-75(78)69-66-63-60-57-54-52-50-48-46-43-30-28-26-24-22-20-17-14-11-8-5-2/h7,10,16,19,23,25,29,31,33-34,36-37,39-40,72H,4-6,8-9,11-15,17-18,20-22,24,26-28,30,32,35,38,41-71H2,1-3H3/b10-7-,19-16-,25-23-,31-29-,34-33-,37-36-,40-39-. The van der Waals surface area contributed by atoms with Crippen LogP contribution in [0.2, 0.25) is 0 Å². The normalized spacial score (nSPS) is 12.6. The zero-order valence-electron chi connectivity index (χ0n) is 53.8. The first kappa shape index (κ1) is 77.6. The third-order valence-electron chi connectivity index (χ3n) is 15.4. The van der Waals surface area contributed by atoms with Gasteiger partial charge in [0.1, 0.15) is 13.2 Å². The van der Waals surface area contributed by atoms with Gasteiger partial charge in [0.2, 0.25) is 0 Å². The molecule has 468 valence electrons. The lowest BCUT2D eigenvalue weighted by Crippen LogP contribution is -2.30. The van der Waals surface area contributed by atoms with Gasteiger partial charge in [0.15, 0.2) is 6.10 Å². The van der Waals surface area contributed by atoms with Crippen LogP contribution in [0.15, 0.2) is 85.1 Å². The number of ether oxygens (including phenoxy) is 3. The summed E-state index contributed by atoms with van der Waals surface area (Å²) < 4.78 is 16.9. The fourth-order valence-corrected chi connectivity index (χ4v) is 10.2. The van der Waals surface area contributed by atoms with Crippen LogP contribution in [-0.4, -0.2) is 37.2 Å². The van der Waals surface area contributed by atoms with Crippen molar-refractivity contribution in [2.24, 2.45) is 0 Å². The van der Waals surface area contributed by atoms with E-state index in [1.807, 2.05) is 0 Å². The number of unbranched alkanes of at least 4 members (excludes halogenated alkanes) is 39. The van der Waals surface area contributed by atoms with Crippen LogP contribution >= 0.6 is 0 Å². The van der Waals surface area contributed by atoms with Crippen LogP contribution in [-0.2, 0) is 28.6 Å². The minimum absolute atomic E-state index is 0.0712. The minimum Gasteiger partial charge on any atom is -0.462 e. The van der Waals surface area contributed by atoms with E-state index < -0.39 is 6.10 Å². The summed E-state index contributed by atoms with van der Waals surface area (Å²) in [6, 6.07) is 0. The van der Waals surface area contributed by atoms with Gasteiger partial charge in [-0.1, -0.05) is 343 Å². The second-order valence-electron chi connectivity index (χ2n) is 23.4. The highest BCUT2D eigenvalue weighted by atomic mass is 16.6. The van der Waals surface area contributed by atoms with Crippen LogP contribution in [0.5, 0.6) is 0 Å². The van der Waals surface area contributed by atoms with Crippen LogP contribution in [0.25, 0.3) is 0 Å². The molecule has 1 unspecified atom stereocenters. The van der Waals surface area contributed by atoms with Crippen molar-refractivity contribution in [1.82, 2.24) is 0 Å². The van der Waals surface area contributed by atoms with Crippen molar-refractivity contribution in [1.29, 1.82) is 0 Å². The second kappa shape index (κ2) is 69.1. The number of esters is 3. The number of carbonyl (C=O) groups excluding carboxylic acids is 3. The molecule has 0 radical (unpaired) electrons. The maximum Gasteiger partial charge on any atom is 0.306 e. The van der Waals surface area contributed by atoms with Gasteiger partial charge >= 0.3 is 17.9 Å². The first-order valence-electron chi connectivity index (χ1n) is 35.1. The van der Waals surface area contributed by atoms with Crippen molar-refractivity contribution in [2.75, 3.05) is 13.2 Å². The molecule has 0 bridgehead atoms. The fraction of sp³-hybridized carbons (Fsp3) is 0.773. The molecule has 0 fully saturated rings. The number of rotatable bonds is 64. The zero-order valence-corrected chi connectivity index (χ0v) is 53.8. The summed E-state index contributed by atoms with van der Waals surface area (Å²) in [6.45, 7) is 6.55. The second-order valence-corrected chi connectivity index (χ2v) is 23.4. The SMILES string of the molecule is CC/C=C\C/C=C\C/C=C\C/C=C\C/C=C\C/C=C\C/C=C\CCCCCCCCCCCCCC(=O)OCC(COC(=O)CCCCCCCCCCC)OC(=O)CCCCCCCCCCCCCCCCCCCCCCC. The molecule has 0 N–H and O–H groups in total. The van der Waals surface area contributed by atoms with E-state index in [9.17, 15) is 14.4 Å². The van der Waals surface area contributed by atoms with Crippen molar-refractivity contribution < 1.29 is 28.6 Å². The summed E-state index contributed by atoms with van der Waals surface area (Å²) in [4.78, 5) is 38.3. The highest BCUT2D eigenvalue weighted by Crippen LogP contribution is 2.18. The van der Waals surface area contributed by atoms with Crippen LogP contribution in [0.4, 0.5) is 0 Å². The van der Waals surface area contributed by atoms with Gasteiger partial charge in [0.05, 0.1) is 0 Å². The molecule has 0 spiro atoms. The quantitative estimate of drug-likeness (QED) is 0.0261. The maximum absolute atomic E-state index is 12.9. The van der Waals surface area contributed by atoms with Crippen molar-refractivity contribution >= 4 is 17.9 Å². The van der Waals surface area contributed by atoms with E-state index in [0.717, 1.165) is 103 Å². The molecule has 0 amide bonds. The average molecular weight is 1130 g/mol. The molecule has 0 aliphatic heterocycles. The zero-order chi connectivity index (χ0) is 58.5. The van der Waals surface area contributed by atoms with Crippen LogP contribution < -0.4 is 0 Å². The lowest BCUT2D eigenvalue weighted by atomic mass is 10.0. The highest BCUT2D eigenvalue weighted by Gasteiger charge is 2.19. The fourth-order valence-electron chi connectivity index (χ4n) is 10.2. The smallest absolute Gasteiger partial charge is 0.306 e. The molecule has 6 heteroatoms. The Kier molecular flexibility index (Phi) is 66.2. The Bertz CT molecular complexity index is 1530. The molecular formula is C75H132O6. The van der Waals surface area contributed by atoms with E-state index in [0.29, 0.717) is 19.3 Å². The first-order valence-corrected chi connectivity index (χ1v) is 35.1. The van der Waals surface area contributed by atoms with E-state index in [1.165, 1.54) is 212 Å². The largest absolute Gasteiger partial charge is 0.462 e. The Balaban J connectivity index is 4.13. The van der Waals surface area contributed by atoms with Gasteiger partial charge in [-0.05, 0) is 77.0 Å². The maximum atomic E-state index is 12.9. The predicted octanol–water partition coefficient (Wildman–Crippen LogP) is 24.2. The van der Waals surface area contributed by atoms with Gasteiger partial charge < -0.3 is 14.2 Å². The van der Waals surface area contributed by atoms with Gasteiger partial charge in [0, 0.05) is 19.3 Å². The molecular weight excluding hydrogens is 997 g/mol. The minimum atomic E-state index is -0.773. The lowest BCUT2D eigenvalue weighted by Gasteiger charge is -2.18. The van der Waals surface area contributed by atoms with Crippen molar-refractivity contribution in [3.63, 3.8) is 0 Å². The number of allylic oxidation sites excluding steroid dienone is 14. The number of carbonyl (C=O) groups is 3. The lowest BCUT2D eigenvalue weighted by molar-refractivity contribution is -0.167. The third kappa shape index (κ3) is 67.3. The number of hydrogen-bond donors (Lipinski definition) is 0. The summed E-state index contributed by atoms with van der Waals surface area (Å²) in [5.74, 6) is -0.857. The first-order chi connectivity index (χ1) is 40.0. The molecule has 0 aromatic rings. The Labute approximate surface area is 503 Å². The molecule has 0 saturated carbocycles. The summed E-state index contributed by atoms with van der Waals surface area (Å²) in [5.41, 5.74) is 0. The van der Waals surface area contributed by atoms with E-state index in [2.05, 4.69) is 106 Å². The van der Waals surface area contributed by atoms with Gasteiger partial charge in [0.25, 0.3) is 0 Å². The van der Waals surface area contributed by atoms with Crippen molar-refractivity contribution in [2.45, 2.75) is 361 Å². The van der Waals surface area contributed by atoms with Gasteiger partial charge in [-0.15, -0.1) is 0 Å². The molecule has 0 saturated heterocycles. The van der Waals surface area contributed by atoms with Gasteiger partial charge in [-0.25, -0.2) is 0 Å². The Morgan fingerprint density at radius 2 is 0.481 bits per heavy atom. The Morgan fingerprint density at radius 1 is 0.259 bits per heavy atom. The molecule has 0 heterocycles. The summed E-state index contributed by atoms with van der Waals surface area (Å²) in [5, 5.41) is 0. The molecule has 1 atom stereocenters. The molecule has 0 aromatic heterocycles. The Hall–Kier alpha value is -3.41. The monoisotopic (exact) mass is 1130 g/mol. The van der Waals surface area contributed by atoms with Crippen LogP contribution in [0, 0.1) is 0 Å². The summed E-state index contributed by atoms with van der Waals surface area (Å²) >= 11 is 0. The van der Waals surface area contributed by atoms with E-state index in [1.54, 1.807) is 0 Å². The highest BCUT2D eigenvalue weighted by molar-refractivity contribution is 5.71. The van der Waals surface area contributed by atoms with Gasteiger partial charge in [-0.3, -0.25) is 14.4 Å². The van der Waals surface area contributed by atoms with E-state index >= 15 is 0 Å². The van der Waals surface area contributed by atoms with E-state index in [4.69, 9.17) is 14.2 Å². The van der Waals surface area contributed by atoms with Crippen molar-refractivity contribution in [3.8, 4) is 0 Å². The van der Waals surface area contributed by atoms with Gasteiger partial charge in [-0.2, -0.15) is 0 Å². The van der Waals surface area contributed by atoms with Crippen molar-refractivity contribution in [3.05, 3.63) is 85.1 Å². The third-order valence-corrected chi connectivity index (χ3v) is 15.4. The molecule has 0 rings (SSSR count). The van der Waals surface area contributed by atoms with E-state index in [-0.39, 0.29) is 31.1 Å². The molecule has 81 heavy (non-hydrogen) atoms. The summed E-state index contributed by atoms with van der Waals surface area (Å²) in [7, 11) is 0. The predicted molar refractivity (Wildman–Crippen MR) is 353 cm³/mol. The average Bonchev–Trinajstić information content (AvgIpc) is 3.47. The number of hydrogen-bond acceptors (Lipinski definition) is 6. The van der Waals surface area contributed by atoms with Crippen LogP contribution in [0.3, 0.4) is 0 Å². The molecule has 0 aliphatic rings. The molecule has 6 nitrogen and oxygen atoms in total.